The lowest BCUT2D eigenvalue weighted by molar-refractivity contribution is 0.112. The third-order valence-electron chi connectivity index (χ3n) is 2.45. The number of carbonyl (C=O) groups excluding carboxylic acids is 1. The molecular formula is C12H12OS. The SMILES string of the molecule is CCc1cc(C)c2cc(C=O)sc2c1. The number of rotatable bonds is 2. The Morgan fingerprint density at radius 3 is 2.79 bits per heavy atom. The average molecular weight is 204 g/mol. The van der Waals surface area contributed by atoms with E-state index >= 15 is 0 Å². The molecule has 1 heterocycles. The van der Waals surface area contributed by atoms with Gasteiger partial charge in [-0.1, -0.05) is 13.0 Å². The molecule has 0 aliphatic rings. The predicted molar refractivity (Wildman–Crippen MR) is 61.3 cm³/mol. The maximum atomic E-state index is 10.7. The fourth-order valence-electron chi connectivity index (χ4n) is 1.67. The molecule has 0 amide bonds. The molecule has 0 aliphatic heterocycles. The van der Waals surface area contributed by atoms with E-state index in [2.05, 4.69) is 26.0 Å². The molecule has 0 saturated heterocycles. The molecule has 0 fully saturated rings. The number of aryl methyl sites for hydroxylation is 2. The molecule has 0 atom stereocenters. The van der Waals surface area contributed by atoms with Crippen LogP contribution in [0, 0.1) is 6.92 Å². The van der Waals surface area contributed by atoms with Gasteiger partial charge in [-0.25, -0.2) is 0 Å². The zero-order valence-electron chi connectivity index (χ0n) is 8.33. The van der Waals surface area contributed by atoms with Crippen LogP contribution in [0.3, 0.4) is 0 Å². The van der Waals surface area contributed by atoms with Crippen LogP contribution in [0.1, 0.15) is 27.7 Å². The molecule has 0 unspecified atom stereocenters. The topological polar surface area (TPSA) is 17.1 Å². The van der Waals surface area contributed by atoms with Crippen LogP contribution in [0.15, 0.2) is 18.2 Å². The van der Waals surface area contributed by atoms with Crippen molar-refractivity contribution >= 4 is 27.7 Å². The monoisotopic (exact) mass is 204 g/mol. The van der Waals surface area contributed by atoms with E-state index in [0.717, 1.165) is 17.6 Å². The highest BCUT2D eigenvalue weighted by molar-refractivity contribution is 7.20. The van der Waals surface area contributed by atoms with Crippen LogP contribution in [0.2, 0.25) is 0 Å². The standard InChI is InChI=1S/C12H12OS/c1-3-9-4-8(2)11-6-10(7-13)14-12(11)5-9/h4-7H,3H2,1-2H3. The molecule has 0 bridgehead atoms. The highest BCUT2D eigenvalue weighted by Crippen LogP contribution is 2.28. The second-order valence-corrected chi connectivity index (χ2v) is 4.56. The second kappa shape index (κ2) is 3.54. The van der Waals surface area contributed by atoms with Crippen molar-refractivity contribution in [2.45, 2.75) is 20.3 Å². The molecule has 2 aromatic rings. The Morgan fingerprint density at radius 2 is 2.14 bits per heavy atom. The van der Waals surface area contributed by atoms with E-state index in [9.17, 15) is 4.79 Å². The third kappa shape index (κ3) is 1.46. The van der Waals surface area contributed by atoms with Gasteiger partial charge in [-0.05, 0) is 42.0 Å². The zero-order chi connectivity index (χ0) is 10.1. The Labute approximate surface area is 87.4 Å². The van der Waals surface area contributed by atoms with Crippen molar-refractivity contribution < 1.29 is 4.79 Å². The van der Waals surface area contributed by atoms with Crippen LogP contribution < -0.4 is 0 Å². The summed E-state index contributed by atoms with van der Waals surface area (Å²) in [6, 6.07) is 6.35. The summed E-state index contributed by atoms with van der Waals surface area (Å²) in [5, 5.41) is 1.22. The van der Waals surface area contributed by atoms with E-state index in [1.807, 2.05) is 6.07 Å². The minimum Gasteiger partial charge on any atom is -0.297 e. The summed E-state index contributed by atoms with van der Waals surface area (Å²) >= 11 is 1.57. The molecule has 0 spiro atoms. The molecule has 1 nitrogen and oxygen atoms in total. The molecular weight excluding hydrogens is 192 g/mol. The first-order valence-corrected chi connectivity index (χ1v) is 5.54. The van der Waals surface area contributed by atoms with Crippen molar-refractivity contribution in [3.63, 3.8) is 0 Å². The fourth-order valence-corrected chi connectivity index (χ4v) is 2.69. The summed E-state index contributed by atoms with van der Waals surface area (Å²) in [6.45, 7) is 4.25. The number of benzene rings is 1. The Balaban J connectivity index is 2.73. The quantitative estimate of drug-likeness (QED) is 0.683. The maximum absolute atomic E-state index is 10.7. The van der Waals surface area contributed by atoms with E-state index in [0.29, 0.717) is 0 Å². The van der Waals surface area contributed by atoms with Gasteiger partial charge in [0.05, 0.1) is 4.88 Å². The molecule has 72 valence electrons. The first kappa shape index (κ1) is 9.41. The van der Waals surface area contributed by atoms with Crippen molar-refractivity contribution in [2.75, 3.05) is 0 Å². The van der Waals surface area contributed by atoms with Crippen molar-refractivity contribution in [1.82, 2.24) is 0 Å². The highest BCUT2D eigenvalue weighted by atomic mass is 32.1. The van der Waals surface area contributed by atoms with E-state index in [-0.39, 0.29) is 0 Å². The normalized spacial score (nSPS) is 10.7. The first-order valence-electron chi connectivity index (χ1n) is 4.73. The van der Waals surface area contributed by atoms with Crippen LogP contribution in [0.5, 0.6) is 0 Å². The Bertz CT molecular complexity index is 482. The Hall–Kier alpha value is -1.15. The molecule has 2 heteroatoms. The summed E-state index contributed by atoms with van der Waals surface area (Å²) in [5.74, 6) is 0. The molecule has 1 aromatic heterocycles. The van der Waals surface area contributed by atoms with Gasteiger partial charge < -0.3 is 0 Å². The van der Waals surface area contributed by atoms with Crippen molar-refractivity contribution in [3.05, 3.63) is 34.2 Å². The van der Waals surface area contributed by atoms with Crippen LogP contribution in [0.25, 0.3) is 10.1 Å². The molecule has 0 N–H and O–H groups in total. The Morgan fingerprint density at radius 1 is 1.36 bits per heavy atom. The largest absolute Gasteiger partial charge is 0.297 e. The van der Waals surface area contributed by atoms with E-state index in [4.69, 9.17) is 0 Å². The molecule has 0 aliphatic carbocycles. The minimum atomic E-state index is 0.816. The molecule has 2 rings (SSSR count). The van der Waals surface area contributed by atoms with Gasteiger partial charge in [0, 0.05) is 4.70 Å². The maximum Gasteiger partial charge on any atom is 0.160 e. The number of hydrogen-bond acceptors (Lipinski definition) is 2. The van der Waals surface area contributed by atoms with E-state index in [1.165, 1.54) is 21.2 Å². The summed E-state index contributed by atoms with van der Waals surface area (Å²) in [7, 11) is 0. The predicted octanol–water partition coefficient (Wildman–Crippen LogP) is 3.58. The smallest absolute Gasteiger partial charge is 0.160 e. The molecule has 0 saturated carbocycles. The summed E-state index contributed by atoms with van der Waals surface area (Å²) in [4.78, 5) is 11.5. The first-order chi connectivity index (χ1) is 6.74. The van der Waals surface area contributed by atoms with Crippen LogP contribution >= 0.6 is 11.3 Å². The van der Waals surface area contributed by atoms with Gasteiger partial charge in [0.15, 0.2) is 6.29 Å². The van der Waals surface area contributed by atoms with Gasteiger partial charge in [0.1, 0.15) is 0 Å². The summed E-state index contributed by atoms with van der Waals surface area (Å²) in [6.07, 6.45) is 1.97. The lowest BCUT2D eigenvalue weighted by Gasteiger charge is -2.00. The van der Waals surface area contributed by atoms with Gasteiger partial charge in [0.25, 0.3) is 0 Å². The number of hydrogen-bond donors (Lipinski definition) is 0. The number of thiophene rings is 1. The summed E-state index contributed by atoms with van der Waals surface area (Å²) < 4.78 is 1.23. The highest BCUT2D eigenvalue weighted by Gasteiger charge is 2.04. The fraction of sp³-hybridized carbons (Fsp3) is 0.250. The lowest BCUT2D eigenvalue weighted by atomic mass is 10.1. The van der Waals surface area contributed by atoms with Gasteiger partial charge in [0.2, 0.25) is 0 Å². The minimum absolute atomic E-state index is 0.816. The zero-order valence-corrected chi connectivity index (χ0v) is 9.15. The van der Waals surface area contributed by atoms with Gasteiger partial charge in [-0.15, -0.1) is 11.3 Å². The third-order valence-corrected chi connectivity index (χ3v) is 3.45. The number of fused-ring (bicyclic) bond motifs is 1. The average Bonchev–Trinajstić information content (AvgIpc) is 2.61. The molecule has 0 radical (unpaired) electrons. The van der Waals surface area contributed by atoms with Gasteiger partial charge in [-0.2, -0.15) is 0 Å². The van der Waals surface area contributed by atoms with Crippen LogP contribution in [-0.4, -0.2) is 6.29 Å². The van der Waals surface area contributed by atoms with Gasteiger partial charge in [-0.3, -0.25) is 4.79 Å². The van der Waals surface area contributed by atoms with Crippen molar-refractivity contribution in [1.29, 1.82) is 0 Å². The Kier molecular flexibility index (Phi) is 2.38. The van der Waals surface area contributed by atoms with Crippen molar-refractivity contribution in [3.8, 4) is 0 Å². The van der Waals surface area contributed by atoms with Crippen LogP contribution in [-0.2, 0) is 6.42 Å². The molecule has 14 heavy (non-hydrogen) atoms. The van der Waals surface area contributed by atoms with Gasteiger partial charge >= 0.3 is 0 Å². The van der Waals surface area contributed by atoms with E-state index < -0.39 is 0 Å². The number of aldehydes is 1. The van der Waals surface area contributed by atoms with Crippen molar-refractivity contribution in [2.24, 2.45) is 0 Å². The lowest BCUT2D eigenvalue weighted by Crippen LogP contribution is -1.81. The second-order valence-electron chi connectivity index (χ2n) is 3.44. The number of carbonyl (C=O) groups is 1. The molecule has 1 aromatic carbocycles. The van der Waals surface area contributed by atoms with E-state index in [1.54, 1.807) is 11.3 Å². The van der Waals surface area contributed by atoms with Crippen LogP contribution in [0.4, 0.5) is 0 Å². The summed E-state index contributed by atoms with van der Waals surface area (Å²) in [5.41, 5.74) is 2.61.